The van der Waals surface area contributed by atoms with Crippen molar-refractivity contribution >= 4 is 51.5 Å². The van der Waals surface area contributed by atoms with Crippen molar-refractivity contribution in [2.24, 2.45) is 23.7 Å². The van der Waals surface area contributed by atoms with E-state index in [1.807, 2.05) is 11.0 Å². The highest BCUT2D eigenvalue weighted by Crippen LogP contribution is 2.52. The number of aromatic nitrogens is 2. The first-order valence-corrected chi connectivity index (χ1v) is 25.5. The molecular weight excluding hydrogens is 907 g/mol. The van der Waals surface area contributed by atoms with E-state index >= 15 is 0 Å². The molecule has 18 heteroatoms. The standard InChI is InChI=1S/C51H70ClFN8O8/c1-34-38-8-4-7-35-13-15-51(2,32-66-64-3)69-50(48(35)38)68-44(34)9-5-16-58-18-20-60(21-19-58)30-47(63)61-24-22-59(23-25-61)17-6-10-46(62)57-43-28-39-42(29-45(43)67-37-14-26-65-31-37)54-33-55-49(39)56-36-11-12-41(53)40(52)27-36/h6,10-12,27-29,33-35,37-38,44,48,50H,4-5,7-9,13-26,30-32H2,1-3H3,(H,57,62)(H,54,55,56). The quantitative estimate of drug-likeness (QED) is 0.0819. The molecular formula is C51H70ClFN8O8. The van der Waals surface area contributed by atoms with Gasteiger partial charge in [-0.3, -0.25) is 19.4 Å². The second kappa shape index (κ2) is 23.0. The Labute approximate surface area is 410 Å². The number of carbonyl (C=O) groups excluding carboxylic acids is 2. The van der Waals surface area contributed by atoms with Gasteiger partial charge in [-0.2, -0.15) is 0 Å². The monoisotopic (exact) mass is 976 g/mol. The van der Waals surface area contributed by atoms with Crippen molar-refractivity contribution in [2.75, 3.05) is 110 Å². The van der Waals surface area contributed by atoms with Gasteiger partial charge in [0.05, 0.1) is 54.8 Å². The first-order valence-electron chi connectivity index (χ1n) is 25.2. The molecule has 5 aliphatic heterocycles. The molecule has 8 atom stereocenters. The van der Waals surface area contributed by atoms with Gasteiger partial charge in [0.2, 0.25) is 11.8 Å². The lowest BCUT2D eigenvalue weighted by Crippen LogP contribution is -2.54. The van der Waals surface area contributed by atoms with Gasteiger partial charge in [-0.1, -0.05) is 31.0 Å². The molecule has 8 unspecified atom stereocenters. The zero-order valence-electron chi connectivity index (χ0n) is 40.4. The minimum absolute atomic E-state index is 0.0181. The van der Waals surface area contributed by atoms with Crippen LogP contribution >= 0.6 is 11.6 Å². The number of carbonyl (C=O) groups is 2. The van der Waals surface area contributed by atoms with Crippen LogP contribution in [0, 0.1) is 29.5 Å². The molecule has 2 amide bonds. The molecule has 16 nitrogen and oxygen atoms in total. The highest BCUT2D eigenvalue weighted by molar-refractivity contribution is 6.31. The molecule has 2 N–H and O–H groups in total. The van der Waals surface area contributed by atoms with Crippen LogP contribution in [0.1, 0.15) is 65.2 Å². The number of halogens is 2. The molecule has 0 bridgehead atoms. The molecule has 1 aliphatic carbocycles. The molecule has 0 spiro atoms. The summed E-state index contributed by atoms with van der Waals surface area (Å²) in [6.07, 6.45) is 13.4. The fourth-order valence-corrected chi connectivity index (χ4v) is 11.6. The van der Waals surface area contributed by atoms with E-state index < -0.39 is 11.4 Å². The molecule has 9 rings (SSSR count). The maximum Gasteiger partial charge on any atom is 0.248 e. The Morgan fingerprint density at radius 3 is 2.59 bits per heavy atom. The number of nitrogens with zero attached hydrogens (tertiary/aromatic N) is 6. The molecule has 1 saturated carbocycles. The van der Waals surface area contributed by atoms with Gasteiger partial charge in [0.25, 0.3) is 0 Å². The molecule has 1 aromatic heterocycles. The van der Waals surface area contributed by atoms with E-state index in [1.165, 1.54) is 43.8 Å². The van der Waals surface area contributed by atoms with Gasteiger partial charge in [-0.15, -0.1) is 0 Å². The van der Waals surface area contributed by atoms with Crippen molar-refractivity contribution < 1.29 is 42.7 Å². The predicted molar refractivity (Wildman–Crippen MR) is 261 cm³/mol. The van der Waals surface area contributed by atoms with Crippen LogP contribution in [0.15, 0.2) is 48.8 Å². The van der Waals surface area contributed by atoms with Gasteiger partial charge >= 0.3 is 0 Å². The third-order valence-corrected chi connectivity index (χ3v) is 15.8. The number of hydrogen-bond donors (Lipinski definition) is 2. The van der Waals surface area contributed by atoms with Gasteiger partial charge in [0, 0.05) is 94.5 Å². The van der Waals surface area contributed by atoms with E-state index in [0.717, 1.165) is 77.9 Å². The number of amides is 2. The van der Waals surface area contributed by atoms with E-state index in [9.17, 15) is 14.0 Å². The summed E-state index contributed by atoms with van der Waals surface area (Å²) < 4.78 is 39.3. The van der Waals surface area contributed by atoms with E-state index in [0.29, 0.717) is 104 Å². The van der Waals surface area contributed by atoms with Crippen LogP contribution in [0.2, 0.25) is 5.02 Å². The highest BCUT2D eigenvalue weighted by atomic mass is 35.5. The maximum absolute atomic E-state index is 13.9. The summed E-state index contributed by atoms with van der Waals surface area (Å²) in [6, 6.07) is 7.87. The normalized spacial score (nSPS) is 29.2. The Hall–Kier alpha value is -4.04. The lowest BCUT2D eigenvalue weighted by atomic mass is 9.63. The summed E-state index contributed by atoms with van der Waals surface area (Å²) in [5.74, 6) is 2.54. The van der Waals surface area contributed by atoms with Crippen LogP contribution in [-0.2, 0) is 33.6 Å². The number of ether oxygens (including phenoxy) is 4. The van der Waals surface area contributed by atoms with Gasteiger partial charge in [0.1, 0.15) is 36.4 Å². The van der Waals surface area contributed by atoms with Gasteiger partial charge in [0.15, 0.2) is 6.29 Å². The summed E-state index contributed by atoms with van der Waals surface area (Å²) in [6.45, 7) is 14.5. The lowest BCUT2D eigenvalue weighted by molar-refractivity contribution is -0.336. The smallest absolute Gasteiger partial charge is 0.248 e. The highest BCUT2D eigenvalue weighted by Gasteiger charge is 2.52. The third-order valence-electron chi connectivity index (χ3n) is 15.5. The topological polar surface area (TPSA) is 152 Å². The SMILES string of the molecule is COOCC1(C)CCC2CCCC3C(C)C(CCCN4CCN(CC(=O)N5CCN(CC=CC(=O)Nc6cc7c(Nc8ccc(F)c(Cl)c8)ncnc7cc6OC6CCOC6)CC5)CC4)OC(O1)C23. The van der Waals surface area contributed by atoms with Crippen molar-refractivity contribution in [3.8, 4) is 5.75 Å². The minimum atomic E-state index is -0.522. The first kappa shape index (κ1) is 49.9. The van der Waals surface area contributed by atoms with E-state index in [1.54, 1.807) is 25.3 Å². The molecule has 5 saturated heterocycles. The van der Waals surface area contributed by atoms with Gasteiger partial charge < -0.3 is 39.4 Å². The Morgan fingerprint density at radius 2 is 1.81 bits per heavy atom. The summed E-state index contributed by atoms with van der Waals surface area (Å²) in [4.78, 5) is 55.1. The fourth-order valence-electron chi connectivity index (χ4n) is 11.5. The zero-order valence-corrected chi connectivity index (χ0v) is 41.2. The second-order valence-corrected chi connectivity index (χ2v) is 20.6. The largest absolute Gasteiger partial charge is 0.486 e. The molecule has 6 heterocycles. The second-order valence-electron chi connectivity index (χ2n) is 20.1. The molecule has 69 heavy (non-hydrogen) atoms. The minimum Gasteiger partial charge on any atom is -0.486 e. The van der Waals surface area contributed by atoms with Crippen LogP contribution in [0.4, 0.5) is 21.6 Å². The van der Waals surface area contributed by atoms with Crippen molar-refractivity contribution in [1.82, 2.24) is 29.6 Å². The van der Waals surface area contributed by atoms with Crippen LogP contribution in [0.5, 0.6) is 5.75 Å². The number of anilines is 3. The number of rotatable bonds is 17. The molecule has 3 aromatic rings. The average Bonchev–Trinajstić information content (AvgIpc) is 3.82. The van der Waals surface area contributed by atoms with Crippen molar-refractivity contribution in [2.45, 2.75) is 89.3 Å². The fraction of sp³-hybridized carbons (Fsp3) is 0.647. The lowest BCUT2D eigenvalue weighted by Gasteiger charge is -2.51. The Balaban J connectivity index is 0.702. The average molecular weight is 978 g/mol. The van der Waals surface area contributed by atoms with E-state index in [-0.39, 0.29) is 35.3 Å². The maximum atomic E-state index is 13.9. The van der Waals surface area contributed by atoms with Gasteiger partial charge in [-0.05, 0) is 94.0 Å². The summed E-state index contributed by atoms with van der Waals surface area (Å²) in [7, 11) is 1.56. The van der Waals surface area contributed by atoms with Crippen LogP contribution in [-0.4, -0.2) is 164 Å². The number of benzene rings is 2. The summed E-state index contributed by atoms with van der Waals surface area (Å²) in [5, 5.41) is 6.79. The molecule has 0 radical (unpaired) electrons. The van der Waals surface area contributed by atoms with E-state index in [4.69, 9.17) is 40.3 Å². The zero-order chi connectivity index (χ0) is 47.9. The Morgan fingerprint density at radius 1 is 1.00 bits per heavy atom. The number of nitrogens with one attached hydrogen (secondary N) is 2. The predicted octanol–water partition coefficient (Wildman–Crippen LogP) is 6.91. The van der Waals surface area contributed by atoms with Crippen molar-refractivity contribution in [1.29, 1.82) is 0 Å². The molecule has 6 aliphatic rings. The molecule has 2 aromatic carbocycles. The summed E-state index contributed by atoms with van der Waals surface area (Å²) in [5.41, 5.74) is 1.18. The summed E-state index contributed by atoms with van der Waals surface area (Å²) >= 11 is 6.03. The third kappa shape index (κ3) is 12.5. The van der Waals surface area contributed by atoms with Gasteiger partial charge in [-0.25, -0.2) is 24.1 Å². The van der Waals surface area contributed by atoms with Crippen LogP contribution in [0.3, 0.4) is 0 Å². The number of piperazine rings is 2. The van der Waals surface area contributed by atoms with Crippen molar-refractivity contribution in [3.05, 3.63) is 59.7 Å². The Bertz CT molecular complexity index is 2260. The number of hydrogen-bond acceptors (Lipinski definition) is 14. The van der Waals surface area contributed by atoms with Crippen LogP contribution < -0.4 is 15.4 Å². The van der Waals surface area contributed by atoms with Crippen LogP contribution in [0.25, 0.3) is 10.9 Å². The molecule has 376 valence electrons. The molecule has 6 fully saturated rings. The first-order chi connectivity index (χ1) is 33.5. The number of fused-ring (bicyclic) bond motifs is 1. The van der Waals surface area contributed by atoms with E-state index in [2.05, 4.69) is 49.1 Å². The Kier molecular flexibility index (Phi) is 16.7. The van der Waals surface area contributed by atoms with Crippen molar-refractivity contribution in [3.63, 3.8) is 0 Å².